The molecule has 4 aliphatic rings. The first-order valence-electron chi connectivity index (χ1n) is 16.7. The number of carbonyl (C=O) groups excluding carboxylic acids is 1. The van der Waals surface area contributed by atoms with Gasteiger partial charge in [0.05, 0.1) is 0 Å². The third-order valence-corrected chi connectivity index (χ3v) is 15.9. The maximum Gasteiger partial charge on any atom is 0.306 e. The summed E-state index contributed by atoms with van der Waals surface area (Å²) in [6.07, 6.45) is 25.4. The van der Waals surface area contributed by atoms with E-state index in [1.54, 1.807) is 0 Å². The van der Waals surface area contributed by atoms with Gasteiger partial charge in [-0.15, -0.1) is 0 Å². The second-order valence-electron chi connectivity index (χ2n) is 14.4. The van der Waals surface area contributed by atoms with Gasteiger partial charge in [0.2, 0.25) is 0 Å². The topological polar surface area (TPSA) is 26.3 Å². The molecule has 9 atom stereocenters. The Morgan fingerprint density at radius 1 is 0.842 bits per heavy atom. The number of ether oxygens (including phenoxy) is 1. The number of carbonyl (C=O) groups is 1. The summed E-state index contributed by atoms with van der Waals surface area (Å²) in [6.45, 7) is 9.82. The molecule has 4 fully saturated rings. The van der Waals surface area contributed by atoms with Crippen molar-refractivity contribution in [1.29, 1.82) is 0 Å². The molecule has 0 bridgehead atoms. The van der Waals surface area contributed by atoms with Gasteiger partial charge in [0, 0.05) is 22.0 Å². The van der Waals surface area contributed by atoms with Crippen molar-refractivity contribution >= 4 is 37.8 Å². The number of rotatable bonds is 13. The summed E-state index contributed by atoms with van der Waals surface area (Å²) in [5, 5.41) is 0. The Labute approximate surface area is 252 Å². The van der Waals surface area contributed by atoms with Crippen LogP contribution in [-0.4, -0.2) is 21.2 Å². The van der Waals surface area contributed by atoms with Crippen molar-refractivity contribution in [1.82, 2.24) is 0 Å². The summed E-state index contributed by atoms with van der Waals surface area (Å²) in [5.41, 5.74) is 0.831. The summed E-state index contributed by atoms with van der Waals surface area (Å²) in [4.78, 5) is 13.1. The molecule has 0 aliphatic heterocycles. The van der Waals surface area contributed by atoms with Crippen LogP contribution in [0.5, 0.6) is 0 Å². The SMILES string of the molecule is CCCCCCCC[C@@H]1CC[C@@H]2[C@@H]3C[C@H](Br)[C@@]4(Br)C[C@@H](OC(=O)CCCCCC)CC[C@]4(C)[C@@H]3CC[C@]12C. The molecule has 0 aromatic rings. The molecule has 38 heavy (non-hydrogen) atoms. The number of hydrogen-bond acceptors (Lipinski definition) is 2. The fourth-order valence-electron chi connectivity index (χ4n) is 9.94. The van der Waals surface area contributed by atoms with Gasteiger partial charge in [-0.3, -0.25) is 4.79 Å². The Bertz CT molecular complexity index is 772. The van der Waals surface area contributed by atoms with Crippen molar-refractivity contribution in [3.63, 3.8) is 0 Å². The van der Waals surface area contributed by atoms with Crippen molar-refractivity contribution < 1.29 is 9.53 Å². The first kappa shape index (κ1) is 31.4. The van der Waals surface area contributed by atoms with E-state index in [0.29, 0.717) is 16.7 Å². The molecule has 4 rings (SSSR count). The number of unbranched alkanes of at least 4 members (excludes halogenated alkanes) is 8. The normalized spacial score (nSPS) is 42.3. The largest absolute Gasteiger partial charge is 0.462 e. The maximum atomic E-state index is 12.6. The van der Waals surface area contributed by atoms with Gasteiger partial charge < -0.3 is 4.74 Å². The first-order valence-corrected chi connectivity index (χ1v) is 18.4. The molecule has 0 heterocycles. The third-order valence-electron chi connectivity index (χ3n) is 12.3. The quantitative estimate of drug-likeness (QED) is 0.112. The molecule has 0 saturated heterocycles. The number of halogens is 2. The van der Waals surface area contributed by atoms with Gasteiger partial charge >= 0.3 is 5.97 Å². The Morgan fingerprint density at radius 3 is 2.26 bits per heavy atom. The van der Waals surface area contributed by atoms with E-state index in [-0.39, 0.29) is 21.8 Å². The van der Waals surface area contributed by atoms with E-state index in [1.165, 1.54) is 96.3 Å². The highest BCUT2D eigenvalue weighted by Gasteiger charge is 2.66. The Morgan fingerprint density at radius 2 is 1.53 bits per heavy atom. The zero-order valence-corrected chi connectivity index (χ0v) is 28.4. The van der Waals surface area contributed by atoms with E-state index in [4.69, 9.17) is 4.74 Å². The standard InChI is InChI=1S/C34H58Br2O2/c1-5-7-9-11-12-13-15-25-17-18-28-27-23-30(35)34(36)24-26(38-31(37)16-14-10-8-6-2)19-22-33(34,4)29(27)20-21-32(25,28)3/h25-30H,5-24H2,1-4H3/t25-,26+,27+,28-,29-,30+,32-,33-,34+/m1/s1. The number of fused-ring (bicyclic) bond motifs is 5. The van der Waals surface area contributed by atoms with Gasteiger partial charge in [-0.1, -0.05) is 117 Å². The minimum absolute atomic E-state index is 0.0246. The maximum absolute atomic E-state index is 12.6. The van der Waals surface area contributed by atoms with Gasteiger partial charge in [-0.25, -0.2) is 0 Å². The van der Waals surface area contributed by atoms with Crippen LogP contribution in [-0.2, 0) is 9.53 Å². The third kappa shape index (κ3) is 6.27. The van der Waals surface area contributed by atoms with Crippen molar-refractivity contribution in [2.45, 2.75) is 171 Å². The minimum Gasteiger partial charge on any atom is -0.462 e. The van der Waals surface area contributed by atoms with Crippen molar-refractivity contribution in [3.05, 3.63) is 0 Å². The fourth-order valence-corrected chi connectivity index (χ4v) is 12.1. The van der Waals surface area contributed by atoms with Crippen LogP contribution in [0.4, 0.5) is 0 Å². The lowest BCUT2D eigenvalue weighted by Gasteiger charge is -2.65. The number of esters is 1. The van der Waals surface area contributed by atoms with Crippen LogP contribution in [0.3, 0.4) is 0 Å². The van der Waals surface area contributed by atoms with Crippen LogP contribution in [0.25, 0.3) is 0 Å². The van der Waals surface area contributed by atoms with Crippen LogP contribution in [0.2, 0.25) is 0 Å². The van der Waals surface area contributed by atoms with Crippen molar-refractivity contribution in [2.75, 3.05) is 0 Å². The van der Waals surface area contributed by atoms with Gasteiger partial charge in [0.15, 0.2) is 0 Å². The first-order chi connectivity index (χ1) is 18.2. The van der Waals surface area contributed by atoms with Crippen LogP contribution in [0.15, 0.2) is 0 Å². The molecule has 0 spiro atoms. The smallest absolute Gasteiger partial charge is 0.306 e. The summed E-state index contributed by atoms with van der Waals surface area (Å²) in [5.74, 6) is 3.53. The van der Waals surface area contributed by atoms with Crippen molar-refractivity contribution in [3.8, 4) is 0 Å². The average molecular weight is 659 g/mol. The Hall–Kier alpha value is 0.430. The zero-order valence-electron chi connectivity index (χ0n) is 25.2. The lowest BCUT2D eigenvalue weighted by atomic mass is 9.44. The monoisotopic (exact) mass is 656 g/mol. The Balaban J connectivity index is 1.36. The van der Waals surface area contributed by atoms with E-state index in [0.717, 1.165) is 49.4 Å². The summed E-state index contributed by atoms with van der Waals surface area (Å²) < 4.78 is 6.12. The molecule has 0 aromatic heterocycles. The molecule has 0 radical (unpaired) electrons. The fraction of sp³-hybridized carbons (Fsp3) is 0.971. The minimum atomic E-state index is 0.0246. The summed E-state index contributed by atoms with van der Waals surface area (Å²) in [6, 6.07) is 0. The van der Waals surface area contributed by atoms with Crippen LogP contribution >= 0.6 is 31.9 Å². The molecule has 220 valence electrons. The second kappa shape index (κ2) is 13.6. The van der Waals surface area contributed by atoms with E-state index in [2.05, 4.69) is 59.6 Å². The molecule has 4 aliphatic carbocycles. The number of alkyl halides is 2. The highest BCUT2D eigenvalue weighted by Crippen LogP contribution is 2.71. The lowest BCUT2D eigenvalue weighted by Crippen LogP contribution is -2.64. The Kier molecular flexibility index (Phi) is 11.2. The van der Waals surface area contributed by atoms with Crippen LogP contribution < -0.4 is 0 Å². The number of hydrogen-bond donors (Lipinski definition) is 0. The molecule has 0 unspecified atom stereocenters. The molecular formula is C34H58Br2O2. The molecule has 0 N–H and O–H groups in total. The van der Waals surface area contributed by atoms with E-state index >= 15 is 0 Å². The predicted octanol–water partition coefficient (Wildman–Crippen LogP) is 11.2. The second-order valence-corrected chi connectivity index (χ2v) is 16.9. The van der Waals surface area contributed by atoms with Gasteiger partial charge in [-0.2, -0.15) is 0 Å². The molecular weight excluding hydrogens is 600 g/mol. The predicted molar refractivity (Wildman–Crippen MR) is 168 cm³/mol. The average Bonchev–Trinajstić information content (AvgIpc) is 3.22. The molecule has 0 aromatic carbocycles. The van der Waals surface area contributed by atoms with Crippen LogP contribution in [0.1, 0.15) is 156 Å². The van der Waals surface area contributed by atoms with Gasteiger partial charge in [-0.05, 0) is 92.3 Å². The summed E-state index contributed by atoms with van der Waals surface area (Å²) >= 11 is 8.63. The molecule has 0 amide bonds. The van der Waals surface area contributed by atoms with E-state index in [1.807, 2.05) is 0 Å². The van der Waals surface area contributed by atoms with Crippen molar-refractivity contribution in [2.24, 2.45) is 34.5 Å². The highest BCUT2D eigenvalue weighted by molar-refractivity contribution is 9.12. The van der Waals surface area contributed by atoms with E-state index < -0.39 is 0 Å². The lowest BCUT2D eigenvalue weighted by molar-refractivity contribution is -0.157. The molecule has 2 nitrogen and oxygen atoms in total. The zero-order chi connectivity index (χ0) is 27.4. The van der Waals surface area contributed by atoms with Gasteiger partial charge in [0.25, 0.3) is 0 Å². The highest BCUT2D eigenvalue weighted by atomic mass is 79.9. The van der Waals surface area contributed by atoms with E-state index in [9.17, 15) is 4.79 Å². The molecule has 4 saturated carbocycles. The molecule has 4 heteroatoms. The van der Waals surface area contributed by atoms with Crippen LogP contribution in [0, 0.1) is 34.5 Å². The van der Waals surface area contributed by atoms with Gasteiger partial charge in [0.1, 0.15) is 6.10 Å². The summed E-state index contributed by atoms with van der Waals surface area (Å²) in [7, 11) is 0.